The average Bonchev–Trinajstić information content (AvgIpc) is 3.29. The first-order valence-corrected chi connectivity index (χ1v) is 10.1. The normalized spacial score (nSPS) is 17.1. The third-order valence-corrected chi connectivity index (χ3v) is 6.58. The van der Waals surface area contributed by atoms with Gasteiger partial charge in [-0.05, 0) is 36.6 Å². The van der Waals surface area contributed by atoms with Gasteiger partial charge in [0.2, 0.25) is 10.0 Å². The Morgan fingerprint density at radius 1 is 1.26 bits per heavy atom. The highest BCUT2D eigenvalue weighted by Crippen LogP contribution is 2.34. The molecule has 0 bridgehead atoms. The molecule has 0 saturated heterocycles. The van der Waals surface area contributed by atoms with Crippen LogP contribution in [-0.2, 0) is 15.6 Å². The predicted molar refractivity (Wildman–Crippen MR) is 101 cm³/mol. The van der Waals surface area contributed by atoms with Crippen molar-refractivity contribution < 1.29 is 17.7 Å². The summed E-state index contributed by atoms with van der Waals surface area (Å²) in [5.74, 6) is 1.13. The second-order valence-electron chi connectivity index (χ2n) is 6.85. The van der Waals surface area contributed by atoms with E-state index in [0.29, 0.717) is 17.3 Å². The Kier molecular flexibility index (Phi) is 5.36. The molecule has 1 aromatic heterocycles. The topological polar surface area (TPSA) is 112 Å². The third-order valence-electron chi connectivity index (χ3n) is 4.75. The molecule has 2 N–H and O–H groups in total. The first-order valence-electron chi connectivity index (χ1n) is 8.68. The van der Waals surface area contributed by atoms with Gasteiger partial charge in [0.05, 0.1) is 12.6 Å². The van der Waals surface area contributed by atoms with Gasteiger partial charge in [-0.2, -0.15) is 4.98 Å². The van der Waals surface area contributed by atoms with Crippen molar-refractivity contribution in [2.75, 3.05) is 21.2 Å². The van der Waals surface area contributed by atoms with Crippen LogP contribution in [0.4, 0.5) is 0 Å². The number of nitrogens with two attached hydrogens (primary N) is 1. The van der Waals surface area contributed by atoms with Gasteiger partial charge >= 0.3 is 0 Å². The first-order chi connectivity index (χ1) is 12.8. The summed E-state index contributed by atoms with van der Waals surface area (Å²) in [5, 5.41) is 4.00. The highest BCUT2D eigenvalue weighted by Gasteiger charge is 2.35. The van der Waals surface area contributed by atoms with Gasteiger partial charge in [-0.25, -0.2) is 12.7 Å². The van der Waals surface area contributed by atoms with E-state index in [9.17, 15) is 8.42 Å². The van der Waals surface area contributed by atoms with Crippen molar-refractivity contribution in [3.05, 3.63) is 35.5 Å². The van der Waals surface area contributed by atoms with Gasteiger partial charge in [-0.3, -0.25) is 0 Å². The van der Waals surface area contributed by atoms with E-state index in [2.05, 4.69) is 10.1 Å². The van der Waals surface area contributed by atoms with Gasteiger partial charge in [0.1, 0.15) is 10.6 Å². The van der Waals surface area contributed by atoms with E-state index >= 15 is 0 Å². The molecule has 1 heterocycles. The fraction of sp³-hybridized carbons (Fsp3) is 0.444. The molecular weight excluding hydrogens is 368 g/mol. The van der Waals surface area contributed by atoms with Crippen molar-refractivity contribution in [1.82, 2.24) is 14.4 Å². The average molecular weight is 392 g/mol. The lowest BCUT2D eigenvalue weighted by atomic mass is 9.99. The molecule has 8 nitrogen and oxygen atoms in total. The van der Waals surface area contributed by atoms with Crippen LogP contribution in [-0.4, -0.2) is 44.1 Å². The number of hydrogen-bond donors (Lipinski definition) is 1. The molecule has 1 fully saturated rings. The maximum atomic E-state index is 12.5. The molecule has 27 heavy (non-hydrogen) atoms. The molecule has 0 unspecified atom stereocenters. The second-order valence-corrected chi connectivity index (χ2v) is 8.97. The van der Waals surface area contributed by atoms with Crippen LogP contribution in [0.5, 0.6) is 5.75 Å². The summed E-state index contributed by atoms with van der Waals surface area (Å²) in [7, 11) is 0.752. The Morgan fingerprint density at radius 3 is 2.59 bits per heavy atom. The predicted octanol–water partition coefficient (Wildman–Crippen LogP) is 2.23. The van der Waals surface area contributed by atoms with Crippen molar-refractivity contribution in [2.45, 2.75) is 36.1 Å². The van der Waals surface area contributed by atoms with Gasteiger partial charge in [0.25, 0.3) is 5.89 Å². The van der Waals surface area contributed by atoms with Crippen LogP contribution >= 0.6 is 0 Å². The molecule has 1 aromatic carbocycles. The fourth-order valence-corrected chi connectivity index (χ4v) is 4.18. The summed E-state index contributed by atoms with van der Waals surface area (Å²) in [6.07, 6.45) is 7.17. The number of methoxy groups -OCH3 is 1. The van der Waals surface area contributed by atoms with Gasteiger partial charge < -0.3 is 15.0 Å². The largest absolute Gasteiger partial charge is 0.495 e. The zero-order valence-corrected chi connectivity index (χ0v) is 16.5. The smallest absolute Gasteiger partial charge is 0.250 e. The zero-order valence-electron chi connectivity index (χ0n) is 15.7. The van der Waals surface area contributed by atoms with E-state index in [0.717, 1.165) is 30.0 Å². The Morgan fingerprint density at radius 2 is 1.96 bits per heavy atom. The number of benzene rings is 1. The van der Waals surface area contributed by atoms with Crippen LogP contribution in [0, 0.1) is 0 Å². The molecule has 1 aliphatic carbocycles. The maximum absolute atomic E-state index is 12.5. The summed E-state index contributed by atoms with van der Waals surface area (Å²) in [5.41, 5.74) is 6.49. The van der Waals surface area contributed by atoms with Crippen LogP contribution < -0.4 is 10.5 Å². The molecule has 0 atom stereocenters. The van der Waals surface area contributed by atoms with Crippen molar-refractivity contribution in [3.63, 3.8) is 0 Å². The summed E-state index contributed by atoms with van der Waals surface area (Å²) >= 11 is 0. The Labute approximate surface area is 159 Å². The number of hydrogen-bond acceptors (Lipinski definition) is 7. The molecule has 0 spiro atoms. The van der Waals surface area contributed by atoms with Crippen LogP contribution in [0.25, 0.3) is 12.2 Å². The highest BCUT2D eigenvalue weighted by atomic mass is 32.2. The summed E-state index contributed by atoms with van der Waals surface area (Å²) in [6.45, 7) is 0. The minimum atomic E-state index is -3.63. The SMILES string of the molecule is COc1ccc(/C=C/c2nc(C3(N)CCCC3)no2)cc1S(=O)(=O)N(C)C. The van der Waals surface area contributed by atoms with E-state index in [1.807, 2.05) is 0 Å². The Bertz CT molecular complexity index is 944. The number of aromatic nitrogens is 2. The number of ether oxygens (including phenoxy) is 1. The number of sulfonamides is 1. The van der Waals surface area contributed by atoms with Gasteiger partial charge in [0.15, 0.2) is 5.82 Å². The molecule has 0 amide bonds. The second kappa shape index (κ2) is 7.41. The van der Waals surface area contributed by atoms with Crippen LogP contribution in [0.3, 0.4) is 0 Å². The fourth-order valence-electron chi connectivity index (χ4n) is 3.10. The Hall–Kier alpha value is -2.23. The summed E-state index contributed by atoms with van der Waals surface area (Å²) in [6, 6.07) is 4.91. The van der Waals surface area contributed by atoms with Gasteiger partial charge in [-0.15, -0.1) is 0 Å². The minimum absolute atomic E-state index is 0.0928. The number of nitrogens with zero attached hydrogens (tertiary/aromatic N) is 3. The monoisotopic (exact) mass is 392 g/mol. The van der Waals surface area contributed by atoms with Crippen LogP contribution in [0.2, 0.25) is 0 Å². The standard InChI is InChI=1S/C18H24N4O4S/c1-22(2)27(23,24)15-12-13(6-8-14(15)25-3)7-9-16-20-17(21-26-16)18(19)10-4-5-11-18/h6-9,12H,4-5,10-11,19H2,1-3H3/b9-7+. The maximum Gasteiger partial charge on any atom is 0.250 e. The molecule has 1 aliphatic rings. The molecule has 0 radical (unpaired) electrons. The highest BCUT2D eigenvalue weighted by molar-refractivity contribution is 7.89. The van der Waals surface area contributed by atoms with Crippen LogP contribution in [0.1, 0.15) is 43.0 Å². The minimum Gasteiger partial charge on any atom is -0.495 e. The molecule has 2 aromatic rings. The lowest BCUT2D eigenvalue weighted by Crippen LogP contribution is -2.34. The third kappa shape index (κ3) is 3.90. The van der Waals surface area contributed by atoms with E-state index in [-0.39, 0.29) is 10.6 Å². The van der Waals surface area contributed by atoms with Crippen molar-refractivity contribution in [3.8, 4) is 5.75 Å². The van der Waals surface area contributed by atoms with Crippen LogP contribution in [0.15, 0.2) is 27.6 Å². The van der Waals surface area contributed by atoms with E-state index in [1.165, 1.54) is 21.2 Å². The van der Waals surface area contributed by atoms with E-state index < -0.39 is 15.6 Å². The lowest BCUT2D eigenvalue weighted by molar-refractivity contribution is 0.364. The molecule has 0 aliphatic heterocycles. The number of rotatable bonds is 6. The van der Waals surface area contributed by atoms with Crippen molar-refractivity contribution in [1.29, 1.82) is 0 Å². The lowest BCUT2D eigenvalue weighted by Gasteiger charge is -2.17. The molecular formula is C18H24N4O4S. The summed E-state index contributed by atoms with van der Waals surface area (Å²) in [4.78, 5) is 4.46. The Balaban J connectivity index is 1.87. The molecule has 3 rings (SSSR count). The molecule has 146 valence electrons. The first kappa shape index (κ1) is 19.5. The zero-order chi connectivity index (χ0) is 19.7. The van der Waals surface area contributed by atoms with Crippen molar-refractivity contribution >= 4 is 22.2 Å². The van der Waals surface area contributed by atoms with Gasteiger partial charge in [-0.1, -0.05) is 24.1 Å². The van der Waals surface area contributed by atoms with Crippen molar-refractivity contribution in [2.24, 2.45) is 5.73 Å². The summed E-state index contributed by atoms with van der Waals surface area (Å²) < 4.78 is 36.6. The van der Waals surface area contributed by atoms with E-state index in [1.54, 1.807) is 30.4 Å². The van der Waals surface area contributed by atoms with E-state index in [4.69, 9.17) is 15.0 Å². The van der Waals surface area contributed by atoms with Gasteiger partial charge in [0, 0.05) is 20.2 Å². The molecule has 9 heteroatoms. The quantitative estimate of drug-likeness (QED) is 0.802. The molecule has 1 saturated carbocycles.